The van der Waals surface area contributed by atoms with Gasteiger partial charge in [-0.15, -0.1) is 0 Å². The number of carbonyl (C=O) groups is 2. The Balaban J connectivity index is 1.81. The fourth-order valence-electron chi connectivity index (χ4n) is 2.13. The second-order valence-electron chi connectivity index (χ2n) is 4.56. The van der Waals surface area contributed by atoms with Crippen LogP contribution in [0.2, 0.25) is 0 Å². The standard InChI is InChI=1S/C15H11FN2O2/c16-11-2-1-3-12(8-11)17-15(20)10-5-4-9-7-14(19)18-13(9)6-10/h1-6,8H,7H2,(H,17,20)(H,18,19). The Morgan fingerprint density at radius 3 is 2.85 bits per heavy atom. The molecule has 0 unspecified atom stereocenters. The molecule has 0 aromatic heterocycles. The normalized spacial score (nSPS) is 12.8. The molecule has 0 saturated heterocycles. The van der Waals surface area contributed by atoms with Crippen molar-refractivity contribution >= 4 is 23.2 Å². The zero-order chi connectivity index (χ0) is 14.1. The molecule has 1 aliphatic rings. The van der Waals surface area contributed by atoms with E-state index in [2.05, 4.69) is 10.6 Å². The van der Waals surface area contributed by atoms with Gasteiger partial charge >= 0.3 is 0 Å². The number of hydrogen-bond donors (Lipinski definition) is 2. The number of benzene rings is 2. The highest BCUT2D eigenvalue weighted by atomic mass is 19.1. The molecule has 0 spiro atoms. The number of carbonyl (C=O) groups excluding carboxylic acids is 2. The van der Waals surface area contributed by atoms with E-state index in [-0.39, 0.29) is 11.8 Å². The third-order valence-electron chi connectivity index (χ3n) is 3.08. The summed E-state index contributed by atoms with van der Waals surface area (Å²) in [5.41, 5.74) is 2.33. The molecule has 0 aliphatic carbocycles. The first-order chi connectivity index (χ1) is 9.61. The Morgan fingerprint density at radius 2 is 2.05 bits per heavy atom. The Kier molecular flexibility index (Phi) is 2.95. The second-order valence-corrected chi connectivity index (χ2v) is 4.56. The molecule has 2 N–H and O–H groups in total. The second kappa shape index (κ2) is 4.77. The van der Waals surface area contributed by atoms with Gasteiger partial charge < -0.3 is 10.6 Å². The van der Waals surface area contributed by atoms with E-state index in [9.17, 15) is 14.0 Å². The molecule has 3 rings (SSSR count). The maximum Gasteiger partial charge on any atom is 0.255 e. The van der Waals surface area contributed by atoms with Gasteiger partial charge in [-0.05, 0) is 35.9 Å². The molecule has 4 nitrogen and oxygen atoms in total. The highest BCUT2D eigenvalue weighted by Gasteiger charge is 2.19. The summed E-state index contributed by atoms with van der Waals surface area (Å²) < 4.78 is 13.0. The van der Waals surface area contributed by atoms with Crippen molar-refractivity contribution in [1.29, 1.82) is 0 Å². The summed E-state index contributed by atoms with van der Waals surface area (Å²) in [5, 5.41) is 5.30. The molecule has 20 heavy (non-hydrogen) atoms. The van der Waals surface area contributed by atoms with Gasteiger partial charge in [-0.25, -0.2) is 4.39 Å². The molecule has 0 fully saturated rings. The Hall–Kier alpha value is -2.69. The summed E-state index contributed by atoms with van der Waals surface area (Å²) in [6.45, 7) is 0. The number of amides is 2. The van der Waals surface area contributed by atoms with Crippen molar-refractivity contribution in [2.45, 2.75) is 6.42 Å². The summed E-state index contributed by atoms with van der Waals surface area (Å²) in [7, 11) is 0. The third kappa shape index (κ3) is 2.38. The Morgan fingerprint density at radius 1 is 1.20 bits per heavy atom. The van der Waals surface area contributed by atoms with Crippen LogP contribution in [0.25, 0.3) is 0 Å². The van der Waals surface area contributed by atoms with Crippen LogP contribution in [-0.4, -0.2) is 11.8 Å². The van der Waals surface area contributed by atoms with Crippen LogP contribution in [0.5, 0.6) is 0 Å². The lowest BCUT2D eigenvalue weighted by atomic mass is 10.1. The molecule has 0 radical (unpaired) electrons. The molecule has 0 saturated carbocycles. The molecule has 1 aliphatic heterocycles. The summed E-state index contributed by atoms with van der Waals surface area (Å²) in [5.74, 6) is -0.841. The predicted octanol–water partition coefficient (Wildman–Crippen LogP) is 2.57. The zero-order valence-electron chi connectivity index (χ0n) is 10.4. The molecule has 1 heterocycles. The van der Waals surface area contributed by atoms with Crippen molar-refractivity contribution in [1.82, 2.24) is 0 Å². The van der Waals surface area contributed by atoms with Crippen LogP contribution < -0.4 is 10.6 Å². The van der Waals surface area contributed by atoms with E-state index in [1.165, 1.54) is 18.2 Å². The highest BCUT2D eigenvalue weighted by Crippen LogP contribution is 2.24. The largest absolute Gasteiger partial charge is 0.326 e. The Bertz CT molecular complexity index is 713. The van der Waals surface area contributed by atoms with Gasteiger partial charge in [0.15, 0.2) is 0 Å². The van der Waals surface area contributed by atoms with Crippen molar-refractivity contribution in [3.05, 3.63) is 59.4 Å². The van der Waals surface area contributed by atoms with E-state index in [0.29, 0.717) is 23.4 Å². The molecule has 2 aromatic carbocycles. The maximum absolute atomic E-state index is 13.0. The van der Waals surface area contributed by atoms with Crippen molar-refractivity contribution in [2.24, 2.45) is 0 Å². The lowest BCUT2D eigenvalue weighted by Gasteiger charge is -2.07. The topological polar surface area (TPSA) is 58.2 Å². The smallest absolute Gasteiger partial charge is 0.255 e. The molecular formula is C15H11FN2O2. The van der Waals surface area contributed by atoms with Gasteiger partial charge in [0, 0.05) is 16.9 Å². The van der Waals surface area contributed by atoms with Crippen molar-refractivity contribution in [3.8, 4) is 0 Å². The first-order valence-electron chi connectivity index (χ1n) is 6.11. The van der Waals surface area contributed by atoms with Crippen LogP contribution in [0.4, 0.5) is 15.8 Å². The molecule has 2 aromatic rings. The summed E-state index contributed by atoms with van der Waals surface area (Å²) >= 11 is 0. The van der Waals surface area contributed by atoms with Gasteiger partial charge in [0.25, 0.3) is 5.91 Å². The first kappa shape index (κ1) is 12.3. The first-order valence-corrected chi connectivity index (χ1v) is 6.11. The fourth-order valence-corrected chi connectivity index (χ4v) is 2.13. The van der Waals surface area contributed by atoms with E-state index in [1.807, 2.05) is 0 Å². The van der Waals surface area contributed by atoms with Gasteiger partial charge in [-0.2, -0.15) is 0 Å². The maximum atomic E-state index is 13.0. The number of nitrogens with one attached hydrogen (secondary N) is 2. The summed E-state index contributed by atoms with van der Waals surface area (Å²) in [4.78, 5) is 23.3. The molecule has 0 bridgehead atoms. The molecular weight excluding hydrogens is 259 g/mol. The van der Waals surface area contributed by atoms with Crippen LogP contribution in [-0.2, 0) is 11.2 Å². The van der Waals surface area contributed by atoms with Gasteiger partial charge in [-0.1, -0.05) is 12.1 Å². The summed E-state index contributed by atoms with van der Waals surface area (Å²) in [6.07, 6.45) is 0.334. The van der Waals surface area contributed by atoms with Gasteiger partial charge in [0.1, 0.15) is 5.82 Å². The van der Waals surface area contributed by atoms with Gasteiger partial charge in [0.05, 0.1) is 6.42 Å². The minimum atomic E-state index is -0.413. The average molecular weight is 270 g/mol. The van der Waals surface area contributed by atoms with Crippen LogP contribution in [0.1, 0.15) is 15.9 Å². The average Bonchev–Trinajstić information content (AvgIpc) is 2.77. The third-order valence-corrected chi connectivity index (χ3v) is 3.08. The van der Waals surface area contributed by atoms with Gasteiger partial charge in [0.2, 0.25) is 5.91 Å². The number of halogens is 1. The van der Waals surface area contributed by atoms with Crippen molar-refractivity contribution in [2.75, 3.05) is 10.6 Å². The molecule has 5 heteroatoms. The van der Waals surface area contributed by atoms with Crippen LogP contribution >= 0.6 is 0 Å². The Labute approximate surface area is 114 Å². The van der Waals surface area contributed by atoms with E-state index >= 15 is 0 Å². The van der Waals surface area contributed by atoms with Crippen molar-refractivity contribution in [3.63, 3.8) is 0 Å². The molecule has 0 atom stereocenters. The number of rotatable bonds is 2. The highest BCUT2D eigenvalue weighted by molar-refractivity contribution is 6.07. The van der Waals surface area contributed by atoms with E-state index in [1.54, 1.807) is 24.3 Å². The quantitative estimate of drug-likeness (QED) is 0.881. The lowest BCUT2D eigenvalue weighted by Crippen LogP contribution is -2.12. The van der Waals surface area contributed by atoms with Crippen molar-refractivity contribution < 1.29 is 14.0 Å². The van der Waals surface area contributed by atoms with Gasteiger partial charge in [-0.3, -0.25) is 9.59 Å². The zero-order valence-corrected chi connectivity index (χ0v) is 10.4. The SMILES string of the molecule is O=C1Cc2ccc(C(=O)Nc3cccc(F)c3)cc2N1. The van der Waals surface area contributed by atoms with E-state index in [0.717, 1.165) is 5.56 Å². The van der Waals surface area contributed by atoms with Crippen LogP contribution in [0, 0.1) is 5.82 Å². The van der Waals surface area contributed by atoms with Crippen LogP contribution in [0.15, 0.2) is 42.5 Å². The molecule has 2 amide bonds. The van der Waals surface area contributed by atoms with E-state index < -0.39 is 5.82 Å². The molecule has 100 valence electrons. The minimum absolute atomic E-state index is 0.0808. The number of fused-ring (bicyclic) bond motifs is 1. The predicted molar refractivity (Wildman–Crippen MR) is 73.1 cm³/mol. The fraction of sp³-hybridized carbons (Fsp3) is 0.0667. The summed E-state index contributed by atoms with van der Waals surface area (Å²) in [6, 6.07) is 10.7. The van der Waals surface area contributed by atoms with Crippen LogP contribution in [0.3, 0.4) is 0 Å². The lowest BCUT2D eigenvalue weighted by molar-refractivity contribution is -0.115. The number of hydrogen-bond acceptors (Lipinski definition) is 2. The number of anilines is 2. The monoisotopic (exact) mass is 270 g/mol. The minimum Gasteiger partial charge on any atom is -0.326 e. The van der Waals surface area contributed by atoms with E-state index in [4.69, 9.17) is 0 Å².